The summed E-state index contributed by atoms with van der Waals surface area (Å²) >= 11 is 4.86. The van der Waals surface area contributed by atoms with E-state index in [0.717, 1.165) is 20.3 Å². The Bertz CT molecular complexity index is 943. The van der Waals surface area contributed by atoms with Crippen LogP contribution in [0.4, 0.5) is 5.69 Å². The number of hydrogen-bond donors (Lipinski definition) is 1. The van der Waals surface area contributed by atoms with Gasteiger partial charge in [0, 0.05) is 17.7 Å². The van der Waals surface area contributed by atoms with E-state index in [4.69, 9.17) is 12.2 Å². The third kappa shape index (κ3) is 3.62. The predicted octanol–water partition coefficient (Wildman–Crippen LogP) is 1.85. The van der Waals surface area contributed by atoms with Gasteiger partial charge in [-0.25, -0.2) is 14.6 Å². The molecule has 26 heavy (non-hydrogen) atoms. The van der Waals surface area contributed by atoms with Gasteiger partial charge >= 0.3 is 11.9 Å². The Morgan fingerprint density at radius 2 is 1.85 bits per heavy atom. The lowest BCUT2D eigenvalue weighted by atomic mass is 9.99. The maximum absolute atomic E-state index is 12.9. The van der Waals surface area contributed by atoms with Gasteiger partial charge in [0.05, 0.1) is 24.7 Å². The molecule has 1 aromatic heterocycles. The number of aromatic amines is 1. The van der Waals surface area contributed by atoms with Crippen LogP contribution < -0.4 is 0 Å². The second-order valence-electron chi connectivity index (χ2n) is 4.76. The second kappa shape index (κ2) is 7.61. The SMILES string of the molecule is COC(=O)c1nc(=S)[nH]c(C(=O)OC)c1C(=O)c1cccc([N+](=O)[O-])c1. The second-order valence-corrected chi connectivity index (χ2v) is 5.15. The number of ether oxygens (including phenoxy) is 2. The highest BCUT2D eigenvalue weighted by atomic mass is 32.1. The van der Waals surface area contributed by atoms with E-state index in [1.54, 1.807) is 0 Å². The summed E-state index contributed by atoms with van der Waals surface area (Å²) in [6.07, 6.45) is 0. The molecule has 1 N–H and O–H groups in total. The van der Waals surface area contributed by atoms with Crippen molar-refractivity contribution in [2.24, 2.45) is 0 Å². The highest BCUT2D eigenvalue weighted by molar-refractivity contribution is 7.71. The molecule has 1 heterocycles. The molecular weight excluding hydrogens is 366 g/mol. The first-order valence-electron chi connectivity index (χ1n) is 6.90. The lowest BCUT2D eigenvalue weighted by Gasteiger charge is -2.11. The maximum Gasteiger partial charge on any atom is 0.357 e. The Kier molecular flexibility index (Phi) is 5.52. The minimum atomic E-state index is -1.01. The molecule has 0 atom stereocenters. The van der Waals surface area contributed by atoms with Crippen LogP contribution >= 0.6 is 12.2 Å². The number of carbonyl (C=O) groups excluding carboxylic acids is 3. The van der Waals surface area contributed by atoms with Gasteiger partial charge in [-0.2, -0.15) is 0 Å². The van der Waals surface area contributed by atoms with E-state index in [2.05, 4.69) is 19.4 Å². The maximum atomic E-state index is 12.9. The molecule has 0 amide bonds. The first-order chi connectivity index (χ1) is 12.3. The number of non-ortho nitro benzene ring substituents is 1. The van der Waals surface area contributed by atoms with Gasteiger partial charge in [0.2, 0.25) is 0 Å². The largest absolute Gasteiger partial charge is 0.464 e. The fraction of sp³-hybridized carbons (Fsp3) is 0.133. The van der Waals surface area contributed by atoms with Gasteiger partial charge in [0.25, 0.3) is 5.69 Å². The lowest BCUT2D eigenvalue weighted by molar-refractivity contribution is -0.384. The third-order valence-electron chi connectivity index (χ3n) is 3.25. The molecule has 1 aromatic carbocycles. The van der Waals surface area contributed by atoms with Crippen LogP contribution in [0.3, 0.4) is 0 Å². The number of hydrogen-bond acceptors (Lipinski definition) is 9. The van der Waals surface area contributed by atoms with Crippen LogP contribution in [0.25, 0.3) is 0 Å². The van der Waals surface area contributed by atoms with Crippen LogP contribution in [0.15, 0.2) is 24.3 Å². The zero-order valence-electron chi connectivity index (χ0n) is 13.5. The van der Waals surface area contributed by atoms with Crippen LogP contribution in [0.1, 0.15) is 36.9 Å². The monoisotopic (exact) mass is 377 g/mol. The molecule has 0 saturated carbocycles. The summed E-state index contributed by atoms with van der Waals surface area (Å²) in [5, 5.41) is 10.9. The van der Waals surface area contributed by atoms with Gasteiger partial charge in [0.1, 0.15) is 5.69 Å². The van der Waals surface area contributed by atoms with Gasteiger partial charge < -0.3 is 14.5 Å². The Hall–Kier alpha value is -3.47. The molecule has 11 heteroatoms. The normalized spacial score (nSPS) is 10.1. The summed E-state index contributed by atoms with van der Waals surface area (Å²) in [5.41, 5.74) is -1.86. The fourth-order valence-electron chi connectivity index (χ4n) is 2.10. The molecule has 0 unspecified atom stereocenters. The van der Waals surface area contributed by atoms with Crippen LogP contribution in [0, 0.1) is 14.9 Å². The molecular formula is C15H11N3O7S. The van der Waals surface area contributed by atoms with Crippen molar-refractivity contribution in [3.63, 3.8) is 0 Å². The number of aromatic nitrogens is 2. The Labute approximate surface area is 150 Å². The highest BCUT2D eigenvalue weighted by Gasteiger charge is 2.29. The molecule has 10 nitrogen and oxygen atoms in total. The first kappa shape index (κ1) is 18.9. The van der Waals surface area contributed by atoms with Crippen molar-refractivity contribution in [2.75, 3.05) is 14.2 Å². The van der Waals surface area contributed by atoms with E-state index in [9.17, 15) is 24.5 Å². The Morgan fingerprint density at radius 3 is 2.42 bits per heavy atom. The van der Waals surface area contributed by atoms with Crippen molar-refractivity contribution in [2.45, 2.75) is 0 Å². The van der Waals surface area contributed by atoms with Gasteiger partial charge in [-0.1, -0.05) is 12.1 Å². The zero-order valence-corrected chi connectivity index (χ0v) is 14.3. The summed E-state index contributed by atoms with van der Waals surface area (Å²) in [7, 11) is 2.13. The average Bonchev–Trinajstić information content (AvgIpc) is 2.65. The van der Waals surface area contributed by atoms with E-state index in [0.29, 0.717) is 0 Å². The van der Waals surface area contributed by atoms with Gasteiger partial charge in [-0.15, -0.1) is 0 Å². The summed E-state index contributed by atoms with van der Waals surface area (Å²) < 4.78 is 8.92. The van der Waals surface area contributed by atoms with Gasteiger partial charge in [-0.05, 0) is 12.2 Å². The zero-order chi connectivity index (χ0) is 19.4. The van der Waals surface area contributed by atoms with E-state index in [-0.39, 0.29) is 16.0 Å². The summed E-state index contributed by atoms with van der Waals surface area (Å²) in [6, 6.07) is 4.78. The number of H-pyrrole nitrogens is 1. The van der Waals surface area contributed by atoms with Crippen molar-refractivity contribution >= 4 is 35.6 Å². The van der Waals surface area contributed by atoms with Crippen molar-refractivity contribution < 1.29 is 28.8 Å². The molecule has 0 radical (unpaired) electrons. The number of nitro benzene ring substituents is 1. The fourth-order valence-corrected chi connectivity index (χ4v) is 2.29. The number of nitro groups is 1. The Morgan fingerprint density at radius 1 is 1.19 bits per heavy atom. The topological polar surface area (TPSA) is 141 Å². The van der Waals surface area contributed by atoms with Crippen LogP contribution in [0.5, 0.6) is 0 Å². The molecule has 0 aliphatic rings. The molecule has 0 aliphatic carbocycles. The average molecular weight is 377 g/mol. The quantitative estimate of drug-likeness (QED) is 0.271. The molecule has 0 spiro atoms. The molecule has 0 bridgehead atoms. The summed E-state index contributed by atoms with van der Waals surface area (Å²) in [6.45, 7) is 0. The summed E-state index contributed by atoms with van der Waals surface area (Å²) in [4.78, 5) is 53.3. The lowest BCUT2D eigenvalue weighted by Crippen LogP contribution is -2.21. The van der Waals surface area contributed by atoms with Crippen LogP contribution in [0.2, 0.25) is 0 Å². The number of ketones is 1. The predicted molar refractivity (Wildman–Crippen MR) is 88.6 cm³/mol. The van der Waals surface area contributed by atoms with Crippen LogP contribution in [-0.4, -0.2) is 46.8 Å². The molecule has 0 saturated heterocycles. The number of methoxy groups -OCH3 is 2. The highest BCUT2D eigenvalue weighted by Crippen LogP contribution is 2.21. The van der Waals surface area contributed by atoms with E-state index >= 15 is 0 Å². The molecule has 2 rings (SSSR count). The number of esters is 2. The summed E-state index contributed by atoms with van der Waals surface area (Å²) in [5.74, 6) is -2.85. The van der Waals surface area contributed by atoms with Crippen molar-refractivity contribution in [3.8, 4) is 0 Å². The third-order valence-corrected chi connectivity index (χ3v) is 3.44. The van der Waals surface area contributed by atoms with Crippen molar-refractivity contribution in [1.29, 1.82) is 0 Å². The van der Waals surface area contributed by atoms with E-state index < -0.39 is 39.6 Å². The van der Waals surface area contributed by atoms with Gasteiger partial charge in [-0.3, -0.25) is 14.9 Å². The van der Waals surface area contributed by atoms with Crippen molar-refractivity contribution in [1.82, 2.24) is 9.97 Å². The van der Waals surface area contributed by atoms with Crippen LogP contribution in [-0.2, 0) is 9.47 Å². The van der Waals surface area contributed by atoms with Gasteiger partial charge in [0.15, 0.2) is 16.2 Å². The molecule has 0 fully saturated rings. The van der Waals surface area contributed by atoms with E-state index in [1.807, 2.05) is 0 Å². The van der Waals surface area contributed by atoms with Crippen molar-refractivity contribution in [3.05, 3.63) is 61.7 Å². The number of rotatable bonds is 5. The van der Waals surface area contributed by atoms with E-state index in [1.165, 1.54) is 18.2 Å². The minimum absolute atomic E-state index is 0.137. The minimum Gasteiger partial charge on any atom is -0.464 e. The number of nitrogens with one attached hydrogen (secondary N) is 1. The number of benzene rings is 1. The molecule has 134 valence electrons. The Balaban J connectivity index is 2.77. The smallest absolute Gasteiger partial charge is 0.357 e. The number of nitrogens with zero attached hydrogens (tertiary/aromatic N) is 2. The molecule has 0 aliphatic heterocycles. The number of carbonyl (C=O) groups is 3. The molecule has 2 aromatic rings. The first-order valence-corrected chi connectivity index (χ1v) is 7.31. The standard InChI is InChI=1S/C15H11N3O7S/c1-24-13(20)10-9(11(14(21)25-2)17-15(26)16-10)12(19)7-4-3-5-8(6-7)18(22)23/h3-6H,1-2H3,(H,16,17,26).